The number of unbranched alkanes of at least 4 members (excludes halogenated alkanes) is 1. The highest BCUT2D eigenvalue weighted by molar-refractivity contribution is 6.08. The normalized spacial score (nSPS) is 22.7. The number of carbonyl (C=O) groups is 3. The number of anilines is 2. The molecule has 2 atom stereocenters. The van der Waals surface area contributed by atoms with Crippen LogP contribution in [-0.2, 0) is 16.1 Å². The van der Waals surface area contributed by atoms with Crippen LogP contribution in [0.1, 0.15) is 43.6 Å². The van der Waals surface area contributed by atoms with Gasteiger partial charge in [-0.25, -0.2) is 14.5 Å². The van der Waals surface area contributed by atoms with Crippen molar-refractivity contribution in [2.45, 2.75) is 45.8 Å². The highest BCUT2D eigenvalue weighted by Crippen LogP contribution is 2.34. The van der Waals surface area contributed by atoms with Gasteiger partial charge in [0.1, 0.15) is 0 Å². The van der Waals surface area contributed by atoms with Crippen LogP contribution in [0.3, 0.4) is 0 Å². The van der Waals surface area contributed by atoms with Gasteiger partial charge in [-0.1, -0.05) is 0 Å². The molecule has 1 aromatic rings. The summed E-state index contributed by atoms with van der Waals surface area (Å²) in [5, 5.41) is 3.13. The lowest BCUT2D eigenvalue weighted by atomic mass is 10.1. The minimum Gasteiger partial charge on any atom is -0.463 e. The van der Waals surface area contributed by atoms with Gasteiger partial charge in [0.2, 0.25) is 5.95 Å². The number of esters is 1. The van der Waals surface area contributed by atoms with Gasteiger partial charge in [0.05, 0.1) is 19.7 Å². The van der Waals surface area contributed by atoms with Crippen LogP contribution in [-0.4, -0.2) is 65.2 Å². The number of quaternary nitrogens is 1. The van der Waals surface area contributed by atoms with E-state index in [2.05, 4.69) is 10.3 Å². The molecule has 3 rings (SSSR count). The lowest BCUT2D eigenvalue weighted by Crippen LogP contribution is -2.62. The van der Waals surface area contributed by atoms with E-state index in [-0.39, 0.29) is 28.5 Å². The zero-order chi connectivity index (χ0) is 19.1. The molecule has 0 aliphatic carbocycles. The van der Waals surface area contributed by atoms with Crippen LogP contribution in [0.15, 0.2) is 0 Å². The van der Waals surface area contributed by atoms with Gasteiger partial charge in [0.25, 0.3) is 0 Å². The molecule has 0 radical (unpaired) electrons. The van der Waals surface area contributed by atoms with Crippen molar-refractivity contribution in [2.24, 2.45) is 0 Å². The number of nitrogens with one attached hydrogen (secondary N) is 1. The summed E-state index contributed by atoms with van der Waals surface area (Å²) in [5.41, 5.74) is 0.503. The van der Waals surface area contributed by atoms with Crippen LogP contribution >= 0.6 is 0 Å². The number of imidazole rings is 1. The first-order valence-electron chi connectivity index (χ1n) is 8.96. The molecule has 9 nitrogen and oxygen atoms in total. The summed E-state index contributed by atoms with van der Waals surface area (Å²) < 4.78 is 6.67. The Balaban J connectivity index is 1.71. The summed E-state index contributed by atoms with van der Waals surface area (Å²) in [6, 6.07) is -0.271. The minimum atomic E-state index is -0.296. The van der Waals surface area contributed by atoms with Gasteiger partial charge in [-0.3, -0.25) is 9.36 Å². The first kappa shape index (κ1) is 18.4. The standard InChI is InChI=1S/C17H25N5O4/c1-11(26-12(2)23)7-5-6-10-22(4)15(24)13-14(20(3)17(22)25)19-16-18-8-9-21(13)16/h11H,5-10H2,1-4H3/p+1/t11?,22-/m1/s1. The SMILES string of the molecule is CC(=O)OC(C)CCCC[N@+]1(C)C(=O)c2c(nc3n2CCN3)N(C)C1=O. The molecule has 0 spiro atoms. The topological polar surface area (TPSA) is 93.5 Å². The van der Waals surface area contributed by atoms with Gasteiger partial charge >= 0.3 is 17.9 Å². The van der Waals surface area contributed by atoms with Crippen LogP contribution in [0.25, 0.3) is 0 Å². The van der Waals surface area contributed by atoms with Crippen molar-refractivity contribution in [3.63, 3.8) is 0 Å². The Kier molecular flexibility index (Phi) is 4.74. The second-order valence-corrected chi connectivity index (χ2v) is 7.16. The number of hydrogen-bond donors (Lipinski definition) is 1. The van der Waals surface area contributed by atoms with Gasteiger partial charge in [-0.15, -0.1) is 0 Å². The lowest BCUT2D eigenvalue weighted by Gasteiger charge is -2.35. The highest BCUT2D eigenvalue weighted by Gasteiger charge is 2.52. The first-order chi connectivity index (χ1) is 12.3. The van der Waals surface area contributed by atoms with Crippen molar-refractivity contribution in [1.29, 1.82) is 0 Å². The third-order valence-corrected chi connectivity index (χ3v) is 5.08. The van der Waals surface area contributed by atoms with E-state index in [9.17, 15) is 14.4 Å². The Morgan fingerprint density at radius 1 is 1.38 bits per heavy atom. The Hall–Kier alpha value is -2.42. The Morgan fingerprint density at radius 2 is 2.12 bits per heavy atom. The van der Waals surface area contributed by atoms with Crippen LogP contribution in [0.2, 0.25) is 0 Å². The number of amides is 3. The maximum Gasteiger partial charge on any atom is 0.432 e. The summed E-state index contributed by atoms with van der Waals surface area (Å²) in [4.78, 5) is 42.9. The molecule has 3 heterocycles. The molecule has 1 unspecified atom stereocenters. The number of fused-ring (bicyclic) bond motifs is 3. The zero-order valence-corrected chi connectivity index (χ0v) is 15.7. The first-order valence-corrected chi connectivity index (χ1v) is 8.96. The Bertz CT molecular complexity index is 759. The molecule has 2 aliphatic rings. The van der Waals surface area contributed by atoms with E-state index in [1.165, 1.54) is 11.8 Å². The molecule has 3 amide bonds. The lowest BCUT2D eigenvalue weighted by molar-refractivity contribution is -0.745. The number of carbonyl (C=O) groups excluding carboxylic acids is 3. The Morgan fingerprint density at radius 3 is 2.81 bits per heavy atom. The predicted molar refractivity (Wildman–Crippen MR) is 95.0 cm³/mol. The minimum absolute atomic E-state index is 0.163. The van der Waals surface area contributed by atoms with E-state index < -0.39 is 0 Å². The maximum atomic E-state index is 13.2. The van der Waals surface area contributed by atoms with Crippen molar-refractivity contribution < 1.29 is 23.6 Å². The maximum absolute atomic E-state index is 13.2. The van der Waals surface area contributed by atoms with Gasteiger partial charge < -0.3 is 10.1 Å². The number of imide groups is 1. The molecule has 9 heteroatoms. The number of rotatable bonds is 6. The fourth-order valence-corrected chi connectivity index (χ4v) is 3.66. The van der Waals surface area contributed by atoms with Crippen LogP contribution in [0.4, 0.5) is 16.6 Å². The molecule has 1 N–H and O–H groups in total. The number of urea groups is 1. The third-order valence-electron chi connectivity index (χ3n) is 5.08. The van der Waals surface area contributed by atoms with E-state index in [0.29, 0.717) is 43.4 Å². The van der Waals surface area contributed by atoms with Gasteiger partial charge in [-0.05, 0) is 26.2 Å². The third kappa shape index (κ3) is 2.96. The summed E-state index contributed by atoms with van der Waals surface area (Å²) >= 11 is 0. The van der Waals surface area contributed by atoms with E-state index in [4.69, 9.17) is 4.74 Å². The summed E-state index contributed by atoms with van der Waals surface area (Å²) in [7, 11) is 3.33. The van der Waals surface area contributed by atoms with E-state index in [1.807, 2.05) is 11.5 Å². The molecule has 2 aliphatic heterocycles. The molecule has 142 valence electrons. The molecule has 0 fully saturated rings. The Labute approximate surface area is 152 Å². The second kappa shape index (κ2) is 6.71. The molecular formula is C17H26N5O4+. The monoisotopic (exact) mass is 364 g/mol. The zero-order valence-electron chi connectivity index (χ0n) is 15.7. The summed E-state index contributed by atoms with van der Waals surface area (Å²) in [6.45, 7) is 5.05. The molecule has 0 saturated carbocycles. The highest BCUT2D eigenvalue weighted by atomic mass is 16.5. The van der Waals surface area contributed by atoms with Crippen LogP contribution in [0, 0.1) is 0 Å². The molecular weight excluding hydrogens is 338 g/mol. The number of nitrogens with zero attached hydrogens (tertiary/aromatic N) is 4. The van der Waals surface area contributed by atoms with Gasteiger partial charge in [-0.2, -0.15) is 9.47 Å². The molecule has 0 saturated heterocycles. The number of aromatic nitrogens is 2. The molecule has 26 heavy (non-hydrogen) atoms. The largest absolute Gasteiger partial charge is 0.463 e. The quantitative estimate of drug-likeness (QED) is 0.468. The van der Waals surface area contributed by atoms with E-state index in [0.717, 1.165) is 13.0 Å². The van der Waals surface area contributed by atoms with Crippen LogP contribution < -0.4 is 10.2 Å². The van der Waals surface area contributed by atoms with E-state index >= 15 is 0 Å². The molecule has 1 aromatic heterocycles. The summed E-state index contributed by atoms with van der Waals surface area (Å²) in [6.07, 6.45) is 1.99. The molecule has 0 aromatic carbocycles. The van der Waals surface area contributed by atoms with Gasteiger partial charge in [0.15, 0.2) is 11.5 Å². The van der Waals surface area contributed by atoms with Crippen molar-refractivity contribution >= 4 is 29.7 Å². The fourth-order valence-electron chi connectivity index (χ4n) is 3.66. The fraction of sp³-hybridized carbons (Fsp3) is 0.647. The van der Waals surface area contributed by atoms with Crippen molar-refractivity contribution in [1.82, 2.24) is 9.55 Å². The number of ether oxygens (including phenoxy) is 1. The second-order valence-electron chi connectivity index (χ2n) is 7.16. The van der Waals surface area contributed by atoms with Crippen molar-refractivity contribution in [3.05, 3.63) is 5.69 Å². The van der Waals surface area contributed by atoms with E-state index in [1.54, 1.807) is 14.1 Å². The average Bonchev–Trinajstić information content (AvgIpc) is 3.15. The van der Waals surface area contributed by atoms with Crippen LogP contribution in [0.5, 0.6) is 0 Å². The molecule has 0 bridgehead atoms. The number of hydrogen-bond acceptors (Lipinski definition) is 6. The summed E-state index contributed by atoms with van der Waals surface area (Å²) in [5.74, 6) is 0.571. The van der Waals surface area contributed by atoms with Gasteiger partial charge in [0, 0.05) is 27.1 Å². The predicted octanol–water partition coefficient (Wildman–Crippen LogP) is 1.59. The van der Waals surface area contributed by atoms with Crippen molar-refractivity contribution in [2.75, 3.05) is 37.4 Å². The van der Waals surface area contributed by atoms with Crippen molar-refractivity contribution in [3.8, 4) is 0 Å². The average molecular weight is 364 g/mol. The smallest absolute Gasteiger partial charge is 0.432 e.